The molecule has 3 unspecified atom stereocenters. The van der Waals surface area contributed by atoms with Crippen molar-refractivity contribution >= 4 is 5.97 Å². The number of carbonyl (C=O) groups is 1. The molecule has 2 N–H and O–H groups in total. The van der Waals surface area contributed by atoms with Gasteiger partial charge in [0, 0.05) is 19.2 Å². The molecule has 0 spiro atoms. The van der Waals surface area contributed by atoms with Crippen LogP contribution in [0, 0.1) is 0 Å². The highest BCUT2D eigenvalue weighted by Gasteiger charge is 2.43. The molecule has 1 saturated heterocycles. The van der Waals surface area contributed by atoms with Crippen molar-refractivity contribution in [3.05, 3.63) is 0 Å². The summed E-state index contributed by atoms with van der Waals surface area (Å²) in [4.78, 5) is 14.1. The topological polar surface area (TPSA) is 61.8 Å². The molecule has 3 atom stereocenters. The molecule has 21 heavy (non-hydrogen) atoms. The lowest BCUT2D eigenvalue weighted by atomic mass is 9.78. The van der Waals surface area contributed by atoms with Crippen LogP contribution >= 0.6 is 0 Å². The van der Waals surface area contributed by atoms with Gasteiger partial charge in [-0.15, -0.1) is 0 Å². The third-order valence-electron chi connectivity index (χ3n) is 4.99. The van der Waals surface area contributed by atoms with Gasteiger partial charge in [-0.2, -0.15) is 0 Å². The summed E-state index contributed by atoms with van der Waals surface area (Å²) in [5.41, 5.74) is -0.732. The van der Waals surface area contributed by atoms with Crippen molar-refractivity contribution in [2.24, 2.45) is 0 Å². The van der Waals surface area contributed by atoms with Gasteiger partial charge in [0.05, 0.1) is 6.10 Å². The standard InChI is InChI=1S/C16H30N2O3/c1-3-9-17-16(15(19)20)8-4-6-13(11-16)18(2)12-14-7-5-10-21-14/h13-14,17H,3-12H2,1-2H3,(H,19,20). The van der Waals surface area contributed by atoms with Gasteiger partial charge in [-0.05, 0) is 58.5 Å². The summed E-state index contributed by atoms with van der Waals surface area (Å²) < 4.78 is 5.71. The highest BCUT2D eigenvalue weighted by atomic mass is 16.5. The molecule has 2 fully saturated rings. The molecule has 0 aromatic rings. The van der Waals surface area contributed by atoms with Crippen molar-refractivity contribution in [1.82, 2.24) is 10.2 Å². The molecule has 2 rings (SSSR count). The van der Waals surface area contributed by atoms with Gasteiger partial charge in [-0.1, -0.05) is 6.92 Å². The molecular formula is C16H30N2O3. The Labute approximate surface area is 128 Å². The minimum atomic E-state index is -0.732. The number of ether oxygens (including phenoxy) is 1. The van der Waals surface area contributed by atoms with Crippen molar-refractivity contribution in [2.45, 2.75) is 69.6 Å². The zero-order valence-corrected chi connectivity index (χ0v) is 13.4. The number of carboxylic acids is 1. The van der Waals surface area contributed by atoms with Crippen molar-refractivity contribution in [1.29, 1.82) is 0 Å². The van der Waals surface area contributed by atoms with E-state index in [0.717, 1.165) is 58.2 Å². The van der Waals surface area contributed by atoms with E-state index in [0.29, 0.717) is 18.6 Å². The predicted molar refractivity (Wildman–Crippen MR) is 82.5 cm³/mol. The van der Waals surface area contributed by atoms with E-state index in [4.69, 9.17) is 4.74 Å². The lowest BCUT2D eigenvalue weighted by Gasteiger charge is -2.42. The maximum atomic E-state index is 11.8. The molecule has 2 aliphatic rings. The first kappa shape index (κ1) is 16.7. The second-order valence-electron chi connectivity index (χ2n) is 6.64. The van der Waals surface area contributed by atoms with E-state index in [1.807, 2.05) is 0 Å². The van der Waals surface area contributed by atoms with Gasteiger partial charge in [-0.25, -0.2) is 0 Å². The average Bonchev–Trinajstić information content (AvgIpc) is 2.98. The van der Waals surface area contributed by atoms with Gasteiger partial charge in [0.2, 0.25) is 0 Å². The Morgan fingerprint density at radius 3 is 2.86 bits per heavy atom. The normalized spacial score (nSPS) is 33.5. The van der Waals surface area contributed by atoms with Gasteiger partial charge < -0.3 is 20.1 Å². The Balaban J connectivity index is 1.95. The van der Waals surface area contributed by atoms with E-state index in [9.17, 15) is 9.90 Å². The largest absolute Gasteiger partial charge is 0.480 e. The van der Waals surface area contributed by atoms with Gasteiger partial charge in [0.25, 0.3) is 0 Å². The lowest BCUT2D eigenvalue weighted by Crippen LogP contribution is -2.58. The molecule has 0 aromatic heterocycles. The summed E-state index contributed by atoms with van der Waals surface area (Å²) in [5, 5.41) is 13.0. The zero-order valence-electron chi connectivity index (χ0n) is 13.4. The fourth-order valence-electron chi connectivity index (χ4n) is 3.68. The van der Waals surface area contributed by atoms with E-state index < -0.39 is 11.5 Å². The molecule has 0 radical (unpaired) electrons. The summed E-state index contributed by atoms with van der Waals surface area (Å²) in [7, 11) is 2.12. The van der Waals surface area contributed by atoms with Crippen LogP contribution in [0.2, 0.25) is 0 Å². The zero-order chi connectivity index (χ0) is 15.3. The number of nitrogens with zero attached hydrogens (tertiary/aromatic N) is 1. The molecule has 5 heteroatoms. The quantitative estimate of drug-likeness (QED) is 0.751. The molecule has 1 heterocycles. The van der Waals surface area contributed by atoms with Crippen molar-refractivity contribution in [3.8, 4) is 0 Å². The monoisotopic (exact) mass is 298 g/mol. The van der Waals surface area contributed by atoms with Gasteiger partial charge >= 0.3 is 5.97 Å². The number of hydrogen-bond acceptors (Lipinski definition) is 4. The van der Waals surface area contributed by atoms with Crippen LogP contribution in [-0.4, -0.2) is 60.4 Å². The Hall–Kier alpha value is -0.650. The van der Waals surface area contributed by atoms with E-state index in [2.05, 4.69) is 24.2 Å². The van der Waals surface area contributed by atoms with E-state index in [1.54, 1.807) is 0 Å². The minimum absolute atomic E-state index is 0.333. The van der Waals surface area contributed by atoms with E-state index in [-0.39, 0.29) is 0 Å². The molecule has 5 nitrogen and oxygen atoms in total. The average molecular weight is 298 g/mol. The summed E-state index contributed by atoms with van der Waals surface area (Å²) in [6.07, 6.45) is 7.09. The van der Waals surface area contributed by atoms with Crippen LogP contribution in [0.3, 0.4) is 0 Å². The van der Waals surface area contributed by atoms with Gasteiger partial charge in [-0.3, -0.25) is 4.79 Å². The highest BCUT2D eigenvalue weighted by molar-refractivity contribution is 5.79. The summed E-state index contributed by atoms with van der Waals surface area (Å²) >= 11 is 0. The van der Waals surface area contributed by atoms with Crippen molar-refractivity contribution < 1.29 is 14.6 Å². The van der Waals surface area contributed by atoms with Gasteiger partial charge in [0.1, 0.15) is 5.54 Å². The fraction of sp³-hybridized carbons (Fsp3) is 0.938. The predicted octanol–water partition coefficient (Wildman–Crippen LogP) is 1.86. The maximum absolute atomic E-state index is 11.8. The van der Waals surface area contributed by atoms with Crippen LogP contribution in [0.15, 0.2) is 0 Å². The third kappa shape index (κ3) is 4.18. The van der Waals surface area contributed by atoms with Crippen LogP contribution in [0.25, 0.3) is 0 Å². The summed E-state index contributed by atoms with van der Waals surface area (Å²) in [6.45, 7) is 4.65. The van der Waals surface area contributed by atoms with Crippen molar-refractivity contribution in [2.75, 3.05) is 26.7 Å². The summed E-state index contributed by atoms with van der Waals surface area (Å²) in [6, 6.07) is 0.336. The number of rotatable bonds is 7. The minimum Gasteiger partial charge on any atom is -0.480 e. The van der Waals surface area contributed by atoms with Crippen LogP contribution < -0.4 is 5.32 Å². The summed E-state index contributed by atoms with van der Waals surface area (Å²) in [5.74, 6) is -0.689. The first-order chi connectivity index (χ1) is 10.1. The van der Waals surface area contributed by atoms with Crippen LogP contribution in [0.5, 0.6) is 0 Å². The van der Waals surface area contributed by atoms with Crippen LogP contribution in [0.4, 0.5) is 0 Å². The smallest absolute Gasteiger partial charge is 0.323 e. The number of nitrogens with one attached hydrogen (secondary N) is 1. The number of aliphatic carboxylic acids is 1. The highest BCUT2D eigenvalue weighted by Crippen LogP contribution is 2.32. The molecule has 122 valence electrons. The molecular weight excluding hydrogens is 268 g/mol. The van der Waals surface area contributed by atoms with Crippen LogP contribution in [0.1, 0.15) is 51.9 Å². The Morgan fingerprint density at radius 1 is 1.43 bits per heavy atom. The number of likely N-dealkylation sites (N-methyl/N-ethyl adjacent to an activating group) is 1. The van der Waals surface area contributed by atoms with E-state index in [1.165, 1.54) is 0 Å². The lowest BCUT2D eigenvalue weighted by molar-refractivity contribution is -0.147. The first-order valence-electron chi connectivity index (χ1n) is 8.37. The van der Waals surface area contributed by atoms with Crippen molar-refractivity contribution in [3.63, 3.8) is 0 Å². The van der Waals surface area contributed by atoms with E-state index >= 15 is 0 Å². The number of hydrogen-bond donors (Lipinski definition) is 2. The molecule has 0 amide bonds. The number of carboxylic acid groups (broad SMARTS) is 1. The Bertz CT molecular complexity index is 344. The molecule has 1 saturated carbocycles. The maximum Gasteiger partial charge on any atom is 0.323 e. The SMILES string of the molecule is CCCNC1(C(=O)O)CCCC(N(C)CC2CCCO2)C1. The molecule has 0 bridgehead atoms. The second kappa shape index (κ2) is 7.56. The molecule has 1 aliphatic heterocycles. The molecule has 1 aliphatic carbocycles. The Morgan fingerprint density at radius 2 is 2.24 bits per heavy atom. The molecule has 0 aromatic carbocycles. The second-order valence-corrected chi connectivity index (χ2v) is 6.64. The third-order valence-corrected chi connectivity index (χ3v) is 4.99. The first-order valence-corrected chi connectivity index (χ1v) is 8.37. The fourth-order valence-corrected chi connectivity index (χ4v) is 3.68. The Kier molecular flexibility index (Phi) is 6.02. The van der Waals surface area contributed by atoms with Crippen LogP contribution in [-0.2, 0) is 9.53 Å². The van der Waals surface area contributed by atoms with Gasteiger partial charge in [0.15, 0.2) is 0 Å².